The zero-order valence-corrected chi connectivity index (χ0v) is 15.7. The van der Waals surface area contributed by atoms with Crippen LogP contribution in [0.2, 0.25) is 0 Å². The van der Waals surface area contributed by atoms with Crippen LogP contribution in [0.25, 0.3) is 0 Å². The van der Waals surface area contributed by atoms with E-state index in [-0.39, 0.29) is 17.9 Å². The van der Waals surface area contributed by atoms with Gasteiger partial charge in [0, 0.05) is 32.8 Å². The number of aryl methyl sites for hydroxylation is 1. The molecule has 5 heteroatoms. The van der Waals surface area contributed by atoms with Crippen LogP contribution in [0.1, 0.15) is 18.4 Å². The quantitative estimate of drug-likeness (QED) is 0.820. The van der Waals surface area contributed by atoms with Crippen molar-refractivity contribution in [1.29, 1.82) is 0 Å². The normalized spacial score (nSPS) is 22.6. The molecule has 2 aliphatic rings. The summed E-state index contributed by atoms with van der Waals surface area (Å²) in [6, 6.07) is 7.84. The summed E-state index contributed by atoms with van der Waals surface area (Å²) in [6.07, 6.45) is 2.10. The highest BCUT2D eigenvalue weighted by Crippen LogP contribution is 2.44. The van der Waals surface area contributed by atoms with Gasteiger partial charge in [0.25, 0.3) is 5.91 Å². The number of hydrogen-bond acceptors (Lipinski definition) is 4. The van der Waals surface area contributed by atoms with Crippen molar-refractivity contribution < 1.29 is 14.3 Å². The highest BCUT2D eigenvalue weighted by Gasteiger charge is 2.48. The summed E-state index contributed by atoms with van der Waals surface area (Å²) in [7, 11) is 4.22. The summed E-state index contributed by atoms with van der Waals surface area (Å²) in [5.41, 5.74) is 1.35. The van der Waals surface area contributed by atoms with Crippen molar-refractivity contribution in [2.75, 3.05) is 53.6 Å². The first-order valence-corrected chi connectivity index (χ1v) is 9.18. The maximum absolute atomic E-state index is 12.7. The van der Waals surface area contributed by atoms with Crippen molar-refractivity contribution in [3.8, 4) is 5.75 Å². The minimum atomic E-state index is 0.0913. The van der Waals surface area contributed by atoms with Crippen LogP contribution in [0.5, 0.6) is 5.75 Å². The van der Waals surface area contributed by atoms with Gasteiger partial charge < -0.3 is 19.3 Å². The highest BCUT2D eigenvalue weighted by atomic mass is 16.5. The third-order valence-electron chi connectivity index (χ3n) is 5.59. The van der Waals surface area contributed by atoms with Crippen LogP contribution in [0.4, 0.5) is 0 Å². The maximum Gasteiger partial charge on any atom is 0.260 e. The van der Waals surface area contributed by atoms with Gasteiger partial charge in [0.15, 0.2) is 6.61 Å². The van der Waals surface area contributed by atoms with Crippen molar-refractivity contribution >= 4 is 5.91 Å². The molecule has 2 saturated heterocycles. The molecule has 0 aliphatic carbocycles. The predicted molar refractivity (Wildman–Crippen MR) is 97.8 cm³/mol. The van der Waals surface area contributed by atoms with Crippen LogP contribution in [0.3, 0.4) is 0 Å². The Morgan fingerprint density at radius 2 is 2.12 bits per heavy atom. The Morgan fingerprint density at radius 1 is 1.36 bits per heavy atom. The lowest BCUT2D eigenvalue weighted by Crippen LogP contribution is -2.41. The molecule has 25 heavy (non-hydrogen) atoms. The Bertz CT molecular complexity index is 596. The molecule has 0 saturated carbocycles. The number of likely N-dealkylation sites (tertiary alicyclic amines) is 1. The van der Waals surface area contributed by atoms with Gasteiger partial charge in [-0.1, -0.05) is 12.1 Å². The summed E-state index contributed by atoms with van der Waals surface area (Å²) < 4.78 is 11.3. The number of hydrogen-bond donors (Lipinski definition) is 0. The van der Waals surface area contributed by atoms with Gasteiger partial charge in [-0.05, 0) is 62.9 Å². The standard InChI is InChI=1S/C20H30N2O3/c1-16-5-4-6-18(11-16)25-14-19(23)22-13-17(12-21(2)3)20(15-22)7-9-24-10-8-20/h4-6,11,17H,7-10,12-15H2,1-3H3. The largest absolute Gasteiger partial charge is 0.484 e. The van der Waals surface area contributed by atoms with E-state index in [0.29, 0.717) is 5.92 Å². The molecule has 138 valence electrons. The summed E-state index contributed by atoms with van der Waals surface area (Å²) in [4.78, 5) is 17.0. The first kappa shape index (κ1) is 18.2. The Labute approximate surface area is 150 Å². The number of carbonyl (C=O) groups excluding carboxylic acids is 1. The van der Waals surface area contributed by atoms with Crippen LogP contribution >= 0.6 is 0 Å². The molecule has 0 N–H and O–H groups in total. The second-order valence-electron chi connectivity index (χ2n) is 7.81. The van der Waals surface area contributed by atoms with Crippen LogP contribution in [0, 0.1) is 18.3 Å². The highest BCUT2D eigenvalue weighted by molar-refractivity contribution is 5.78. The molecule has 1 atom stereocenters. The number of rotatable bonds is 5. The van der Waals surface area contributed by atoms with E-state index in [0.717, 1.165) is 57.0 Å². The fourth-order valence-electron chi connectivity index (χ4n) is 4.20. The Balaban J connectivity index is 1.62. The van der Waals surface area contributed by atoms with Crippen molar-refractivity contribution in [3.63, 3.8) is 0 Å². The number of ether oxygens (including phenoxy) is 2. The minimum absolute atomic E-state index is 0.0913. The Kier molecular flexibility index (Phi) is 5.64. The summed E-state index contributed by atoms with van der Waals surface area (Å²) in [6.45, 7) is 6.44. The molecular formula is C20H30N2O3. The van der Waals surface area contributed by atoms with Crippen molar-refractivity contribution in [2.45, 2.75) is 19.8 Å². The van der Waals surface area contributed by atoms with E-state index in [2.05, 4.69) is 19.0 Å². The topological polar surface area (TPSA) is 42.0 Å². The zero-order valence-electron chi connectivity index (χ0n) is 15.7. The van der Waals surface area contributed by atoms with Gasteiger partial charge in [-0.25, -0.2) is 0 Å². The molecule has 2 aliphatic heterocycles. The first-order valence-electron chi connectivity index (χ1n) is 9.18. The van der Waals surface area contributed by atoms with E-state index in [9.17, 15) is 4.79 Å². The number of nitrogens with zero attached hydrogens (tertiary/aromatic N) is 2. The SMILES string of the molecule is Cc1cccc(OCC(=O)N2CC(CN(C)C)C3(CCOCC3)C2)c1. The summed E-state index contributed by atoms with van der Waals surface area (Å²) in [5, 5.41) is 0. The monoisotopic (exact) mass is 346 g/mol. The van der Waals surface area contributed by atoms with Gasteiger partial charge >= 0.3 is 0 Å². The van der Waals surface area contributed by atoms with E-state index in [1.54, 1.807) is 0 Å². The molecule has 2 heterocycles. The van der Waals surface area contributed by atoms with Crippen LogP contribution < -0.4 is 4.74 Å². The van der Waals surface area contributed by atoms with Gasteiger partial charge in [0.05, 0.1) is 0 Å². The van der Waals surface area contributed by atoms with Crippen molar-refractivity contribution in [3.05, 3.63) is 29.8 Å². The maximum atomic E-state index is 12.7. The van der Waals surface area contributed by atoms with E-state index < -0.39 is 0 Å². The van der Waals surface area contributed by atoms with Crippen LogP contribution in [-0.2, 0) is 9.53 Å². The molecular weight excluding hydrogens is 316 g/mol. The first-order chi connectivity index (χ1) is 12.0. The molecule has 1 spiro atoms. The third kappa shape index (κ3) is 4.33. The lowest BCUT2D eigenvalue weighted by Gasteiger charge is -2.38. The predicted octanol–water partition coefficient (Wildman–Crippen LogP) is 2.19. The third-order valence-corrected chi connectivity index (χ3v) is 5.59. The van der Waals surface area contributed by atoms with Crippen LogP contribution in [0.15, 0.2) is 24.3 Å². The Morgan fingerprint density at radius 3 is 2.80 bits per heavy atom. The smallest absolute Gasteiger partial charge is 0.260 e. The fraction of sp³-hybridized carbons (Fsp3) is 0.650. The van der Waals surface area contributed by atoms with Crippen LogP contribution in [-0.4, -0.2) is 69.3 Å². The lowest BCUT2D eigenvalue weighted by atomic mass is 9.72. The average Bonchev–Trinajstić information content (AvgIpc) is 2.91. The van der Waals surface area contributed by atoms with E-state index >= 15 is 0 Å². The number of benzene rings is 1. The van der Waals surface area contributed by atoms with E-state index in [1.807, 2.05) is 36.1 Å². The van der Waals surface area contributed by atoms with Gasteiger partial charge in [0.1, 0.15) is 5.75 Å². The van der Waals surface area contributed by atoms with Crippen molar-refractivity contribution in [1.82, 2.24) is 9.80 Å². The number of carbonyl (C=O) groups is 1. The van der Waals surface area contributed by atoms with E-state index in [4.69, 9.17) is 9.47 Å². The van der Waals surface area contributed by atoms with E-state index in [1.165, 1.54) is 0 Å². The number of amides is 1. The second-order valence-corrected chi connectivity index (χ2v) is 7.81. The molecule has 1 amide bonds. The lowest BCUT2D eigenvalue weighted by molar-refractivity contribution is -0.133. The van der Waals surface area contributed by atoms with Gasteiger partial charge in [-0.2, -0.15) is 0 Å². The summed E-state index contributed by atoms with van der Waals surface area (Å²) in [5.74, 6) is 1.36. The molecule has 1 unspecified atom stereocenters. The second kappa shape index (κ2) is 7.75. The molecule has 1 aromatic rings. The average molecular weight is 346 g/mol. The Hall–Kier alpha value is -1.59. The molecule has 0 bridgehead atoms. The molecule has 0 radical (unpaired) electrons. The van der Waals surface area contributed by atoms with Crippen molar-refractivity contribution in [2.24, 2.45) is 11.3 Å². The molecule has 3 rings (SSSR count). The zero-order chi connectivity index (χ0) is 17.9. The fourth-order valence-corrected chi connectivity index (χ4v) is 4.20. The molecule has 1 aromatic carbocycles. The molecule has 2 fully saturated rings. The molecule has 5 nitrogen and oxygen atoms in total. The van der Waals surface area contributed by atoms with Gasteiger partial charge in [-0.15, -0.1) is 0 Å². The van der Waals surface area contributed by atoms with Gasteiger partial charge in [-0.3, -0.25) is 4.79 Å². The molecule has 0 aromatic heterocycles. The summed E-state index contributed by atoms with van der Waals surface area (Å²) >= 11 is 0. The minimum Gasteiger partial charge on any atom is -0.484 e. The van der Waals surface area contributed by atoms with Gasteiger partial charge in [0.2, 0.25) is 0 Å².